The standard InChI is InChI=1S/C12H16SeSi/c1-13-12-8-6-5-7-11(12)9-10-14(2,3)4/h5-8H,1-4H3. The minimum atomic E-state index is -1.23. The van der Waals surface area contributed by atoms with Crippen LogP contribution >= 0.6 is 0 Å². The monoisotopic (exact) mass is 268 g/mol. The predicted octanol–water partition coefficient (Wildman–Crippen LogP) is 2.29. The summed E-state index contributed by atoms with van der Waals surface area (Å²) < 4.78 is 1.42. The molecule has 0 saturated heterocycles. The Morgan fingerprint density at radius 2 is 1.79 bits per heavy atom. The summed E-state index contributed by atoms with van der Waals surface area (Å²) in [5, 5.41) is 0. The van der Waals surface area contributed by atoms with E-state index in [2.05, 4.69) is 61.2 Å². The average molecular weight is 267 g/mol. The summed E-state index contributed by atoms with van der Waals surface area (Å²) in [5.74, 6) is 5.57. The van der Waals surface area contributed by atoms with Gasteiger partial charge in [0.05, 0.1) is 0 Å². The molecule has 74 valence electrons. The van der Waals surface area contributed by atoms with E-state index in [1.54, 1.807) is 0 Å². The van der Waals surface area contributed by atoms with Crippen molar-refractivity contribution in [1.29, 1.82) is 0 Å². The molecule has 0 bridgehead atoms. The Bertz CT molecular complexity index is 366. The van der Waals surface area contributed by atoms with Gasteiger partial charge in [-0.1, -0.05) is 0 Å². The Kier molecular flexibility index (Phi) is 4.01. The molecule has 0 aromatic heterocycles. The Hall–Kier alpha value is -0.484. The molecule has 0 atom stereocenters. The van der Waals surface area contributed by atoms with Crippen LogP contribution in [-0.2, 0) is 0 Å². The first-order valence-electron chi connectivity index (χ1n) is 4.69. The molecular formula is C12H16SeSi. The van der Waals surface area contributed by atoms with Crippen molar-refractivity contribution in [2.24, 2.45) is 0 Å². The molecule has 0 aliphatic carbocycles. The third-order valence-electron chi connectivity index (χ3n) is 1.68. The summed E-state index contributed by atoms with van der Waals surface area (Å²) in [4.78, 5) is 0. The number of rotatable bonds is 1. The molecule has 0 N–H and O–H groups in total. The number of benzene rings is 1. The fourth-order valence-electron chi connectivity index (χ4n) is 1.00. The van der Waals surface area contributed by atoms with Crippen LogP contribution in [0, 0.1) is 11.5 Å². The molecule has 0 fully saturated rings. The molecule has 0 nitrogen and oxygen atoms in total. The summed E-state index contributed by atoms with van der Waals surface area (Å²) in [6, 6.07) is 8.49. The Labute approximate surface area is 94.3 Å². The van der Waals surface area contributed by atoms with Crippen LogP contribution in [0.15, 0.2) is 24.3 Å². The van der Waals surface area contributed by atoms with Crippen LogP contribution in [0.1, 0.15) is 5.56 Å². The van der Waals surface area contributed by atoms with E-state index in [0.717, 1.165) is 0 Å². The third kappa shape index (κ3) is 3.71. The van der Waals surface area contributed by atoms with Gasteiger partial charge in [-0.15, -0.1) is 0 Å². The second-order valence-corrected chi connectivity index (χ2v) is 10.7. The van der Waals surface area contributed by atoms with Gasteiger partial charge in [0.2, 0.25) is 0 Å². The second kappa shape index (κ2) is 4.84. The number of hydrogen-bond acceptors (Lipinski definition) is 0. The topological polar surface area (TPSA) is 0 Å². The van der Waals surface area contributed by atoms with E-state index in [0.29, 0.717) is 15.0 Å². The van der Waals surface area contributed by atoms with Crippen LogP contribution < -0.4 is 4.46 Å². The molecule has 0 radical (unpaired) electrons. The number of hydrogen-bond donors (Lipinski definition) is 0. The fraction of sp³-hybridized carbons (Fsp3) is 0.333. The quantitative estimate of drug-likeness (QED) is 0.541. The molecule has 1 rings (SSSR count). The zero-order chi connectivity index (χ0) is 10.6. The first-order chi connectivity index (χ1) is 6.53. The molecule has 2 heteroatoms. The van der Waals surface area contributed by atoms with Gasteiger partial charge in [0.15, 0.2) is 0 Å². The van der Waals surface area contributed by atoms with Crippen molar-refractivity contribution in [3.05, 3.63) is 29.8 Å². The average Bonchev–Trinajstić information content (AvgIpc) is 2.14. The van der Waals surface area contributed by atoms with Gasteiger partial charge >= 0.3 is 94.2 Å². The molecule has 0 heterocycles. The van der Waals surface area contributed by atoms with Crippen molar-refractivity contribution in [3.63, 3.8) is 0 Å². The van der Waals surface area contributed by atoms with Crippen molar-refractivity contribution in [2.75, 3.05) is 0 Å². The van der Waals surface area contributed by atoms with Gasteiger partial charge in [-0.2, -0.15) is 0 Å². The van der Waals surface area contributed by atoms with Crippen LogP contribution in [0.4, 0.5) is 0 Å². The first-order valence-corrected chi connectivity index (χ1v) is 10.8. The molecule has 0 spiro atoms. The van der Waals surface area contributed by atoms with E-state index in [4.69, 9.17) is 0 Å². The SMILES string of the molecule is C[Se]c1ccccc1C#C[Si](C)(C)C. The molecule has 0 saturated carbocycles. The van der Waals surface area contributed by atoms with Crippen molar-refractivity contribution in [2.45, 2.75) is 25.5 Å². The molecular weight excluding hydrogens is 251 g/mol. The van der Waals surface area contributed by atoms with Gasteiger partial charge in [-0.3, -0.25) is 0 Å². The van der Waals surface area contributed by atoms with Gasteiger partial charge in [-0.25, -0.2) is 0 Å². The summed E-state index contributed by atoms with van der Waals surface area (Å²) in [5.41, 5.74) is 4.65. The summed E-state index contributed by atoms with van der Waals surface area (Å²) in [6.45, 7) is 6.83. The summed E-state index contributed by atoms with van der Waals surface area (Å²) >= 11 is 0.546. The first kappa shape index (κ1) is 11.6. The third-order valence-corrected chi connectivity index (χ3v) is 4.22. The van der Waals surface area contributed by atoms with Crippen molar-refractivity contribution >= 4 is 27.5 Å². The molecule has 0 aliphatic heterocycles. The molecule has 1 aromatic rings. The molecule has 0 unspecified atom stereocenters. The van der Waals surface area contributed by atoms with Crippen LogP contribution in [0.5, 0.6) is 0 Å². The van der Waals surface area contributed by atoms with Crippen LogP contribution in [0.25, 0.3) is 0 Å². The normalized spacial score (nSPS) is 10.6. The summed E-state index contributed by atoms with van der Waals surface area (Å²) in [6.07, 6.45) is 0. The molecule has 0 amide bonds. The Morgan fingerprint density at radius 1 is 1.14 bits per heavy atom. The predicted molar refractivity (Wildman–Crippen MR) is 67.9 cm³/mol. The minimum absolute atomic E-state index is 0.546. The van der Waals surface area contributed by atoms with E-state index >= 15 is 0 Å². The van der Waals surface area contributed by atoms with Gasteiger partial charge < -0.3 is 0 Å². The maximum atomic E-state index is 3.41. The molecule has 14 heavy (non-hydrogen) atoms. The second-order valence-electron chi connectivity index (χ2n) is 4.20. The van der Waals surface area contributed by atoms with Gasteiger partial charge in [0.1, 0.15) is 0 Å². The fourth-order valence-corrected chi connectivity index (χ4v) is 2.67. The molecule has 1 aromatic carbocycles. The van der Waals surface area contributed by atoms with E-state index in [9.17, 15) is 0 Å². The van der Waals surface area contributed by atoms with Gasteiger partial charge in [0, 0.05) is 0 Å². The van der Waals surface area contributed by atoms with Gasteiger partial charge in [-0.05, 0) is 0 Å². The van der Waals surface area contributed by atoms with E-state index in [-0.39, 0.29) is 0 Å². The Balaban J connectivity index is 3.00. The maximum absolute atomic E-state index is 3.41. The van der Waals surface area contributed by atoms with E-state index in [1.807, 2.05) is 0 Å². The van der Waals surface area contributed by atoms with Crippen LogP contribution in [0.2, 0.25) is 25.5 Å². The van der Waals surface area contributed by atoms with Crippen molar-refractivity contribution in [1.82, 2.24) is 0 Å². The van der Waals surface area contributed by atoms with Crippen LogP contribution in [0.3, 0.4) is 0 Å². The Morgan fingerprint density at radius 3 is 2.36 bits per heavy atom. The van der Waals surface area contributed by atoms with Crippen LogP contribution in [-0.4, -0.2) is 23.0 Å². The van der Waals surface area contributed by atoms with Crippen molar-refractivity contribution < 1.29 is 0 Å². The zero-order valence-corrected chi connectivity index (χ0v) is 11.9. The zero-order valence-electron chi connectivity index (χ0n) is 9.22. The van der Waals surface area contributed by atoms with Gasteiger partial charge in [0.25, 0.3) is 0 Å². The van der Waals surface area contributed by atoms with Crippen molar-refractivity contribution in [3.8, 4) is 11.5 Å². The van der Waals surface area contributed by atoms with E-state index in [1.165, 1.54) is 10.0 Å². The molecule has 0 aliphatic rings. The van der Waals surface area contributed by atoms with E-state index < -0.39 is 8.07 Å². The summed E-state index contributed by atoms with van der Waals surface area (Å²) in [7, 11) is -1.23.